The van der Waals surface area contributed by atoms with Crippen LogP contribution in [0.1, 0.15) is 39.0 Å². The quantitative estimate of drug-likeness (QED) is 0.404. The van der Waals surface area contributed by atoms with Crippen molar-refractivity contribution in [3.8, 4) is 0 Å². The molecule has 0 aromatic carbocycles. The van der Waals surface area contributed by atoms with Gasteiger partial charge < -0.3 is 9.84 Å². The van der Waals surface area contributed by atoms with Crippen LogP contribution in [-0.4, -0.2) is 28.2 Å². The lowest BCUT2D eigenvalue weighted by atomic mass is 10.2. The van der Waals surface area contributed by atoms with Crippen LogP contribution in [0, 0.1) is 0 Å². The zero-order chi connectivity index (χ0) is 10.8. The average molecular weight is 314 g/mol. The molecule has 84 valence electrons. The molecule has 1 atom stereocenters. The first-order valence-corrected chi connectivity index (χ1v) is 6.37. The van der Waals surface area contributed by atoms with E-state index in [0.717, 1.165) is 45.3 Å². The molecule has 1 N–H and O–H groups in total. The predicted molar refractivity (Wildman–Crippen MR) is 65.0 cm³/mol. The summed E-state index contributed by atoms with van der Waals surface area (Å²) in [6.07, 6.45) is 4.93. The predicted octanol–water partition coefficient (Wildman–Crippen LogP) is 2.86. The van der Waals surface area contributed by atoms with Crippen molar-refractivity contribution < 1.29 is 14.6 Å². The van der Waals surface area contributed by atoms with Gasteiger partial charge >= 0.3 is 5.97 Å². The molecule has 0 heterocycles. The third-order valence-corrected chi connectivity index (χ3v) is 3.06. The fourth-order valence-corrected chi connectivity index (χ4v) is 1.44. The van der Waals surface area contributed by atoms with Gasteiger partial charge in [0.15, 0.2) is 0 Å². The Kier molecular flexibility index (Phi) is 9.82. The van der Waals surface area contributed by atoms with Gasteiger partial charge in [-0.1, -0.05) is 35.9 Å². The highest BCUT2D eigenvalue weighted by Gasteiger charge is 2.11. The van der Waals surface area contributed by atoms with Gasteiger partial charge in [0.05, 0.1) is 0 Å². The molecule has 0 aliphatic carbocycles. The molecular weight excluding hydrogens is 295 g/mol. The van der Waals surface area contributed by atoms with Crippen molar-refractivity contribution in [1.82, 2.24) is 0 Å². The summed E-state index contributed by atoms with van der Waals surface area (Å²) in [6.45, 7) is 3.74. The Morgan fingerprint density at radius 1 is 1.36 bits per heavy atom. The molecule has 0 aromatic heterocycles. The SMILES string of the molecule is CCCCOCCCC[C@H](I)C(=O)O. The molecule has 14 heavy (non-hydrogen) atoms. The van der Waals surface area contributed by atoms with E-state index in [1.165, 1.54) is 0 Å². The van der Waals surface area contributed by atoms with Gasteiger partial charge in [-0.2, -0.15) is 0 Å². The van der Waals surface area contributed by atoms with Gasteiger partial charge in [0.2, 0.25) is 0 Å². The molecule has 0 aliphatic rings. The third kappa shape index (κ3) is 8.74. The van der Waals surface area contributed by atoms with Gasteiger partial charge in [0.1, 0.15) is 3.92 Å². The number of rotatable bonds is 9. The number of aliphatic carboxylic acids is 1. The molecule has 0 rings (SSSR count). The van der Waals surface area contributed by atoms with E-state index in [1.54, 1.807) is 0 Å². The third-order valence-electron chi connectivity index (χ3n) is 1.91. The molecule has 0 aromatic rings. The summed E-state index contributed by atoms with van der Waals surface area (Å²) in [5, 5.41) is 8.62. The lowest BCUT2D eigenvalue weighted by molar-refractivity contribution is -0.136. The fourth-order valence-electron chi connectivity index (χ4n) is 1.000. The zero-order valence-electron chi connectivity index (χ0n) is 8.67. The maximum absolute atomic E-state index is 10.5. The van der Waals surface area contributed by atoms with Crippen LogP contribution in [0.15, 0.2) is 0 Å². The lowest BCUT2D eigenvalue weighted by Gasteiger charge is -2.05. The van der Waals surface area contributed by atoms with Crippen LogP contribution in [0.4, 0.5) is 0 Å². The van der Waals surface area contributed by atoms with Gasteiger partial charge in [-0.25, -0.2) is 0 Å². The summed E-state index contributed by atoms with van der Waals surface area (Å²) in [5.41, 5.74) is 0. The number of hydrogen-bond donors (Lipinski definition) is 1. The fraction of sp³-hybridized carbons (Fsp3) is 0.900. The molecule has 4 heteroatoms. The van der Waals surface area contributed by atoms with Crippen molar-refractivity contribution in [3.63, 3.8) is 0 Å². The van der Waals surface area contributed by atoms with E-state index in [2.05, 4.69) is 6.92 Å². The number of carboxylic acid groups (broad SMARTS) is 1. The average Bonchev–Trinajstić information content (AvgIpc) is 2.16. The minimum Gasteiger partial charge on any atom is -0.480 e. The summed E-state index contributed by atoms with van der Waals surface area (Å²) >= 11 is 1.97. The van der Waals surface area contributed by atoms with E-state index in [4.69, 9.17) is 9.84 Å². The number of carboxylic acids is 1. The van der Waals surface area contributed by atoms with Gasteiger partial charge in [-0.15, -0.1) is 0 Å². The highest BCUT2D eigenvalue weighted by atomic mass is 127. The second-order valence-electron chi connectivity index (χ2n) is 3.27. The summed E-state index contributed by atoms with van der Waals surface area (Å²) in [7, 11) is 0. The molecule has 0 bridgehead atoms. The van der Waals surface area contributed by atoms with Gasteiger partial charge in [0, 0.05) is 13.2 Å². The van der Waals surface area contributed by atoms with Crippen molar-refractivity contribution in [3.05, 3.63) is 0 Å². The first kappa shape index (κ1) is 14.2. The normalized spacial score (nSPS) is 12.7. The summed E-state index contributed by atoms with van der Waals surface area (Å²) < 4.78 is 5.12. The van der Waals surface area contributed by atoms with E-state index in [1.807, 2.05) is 22.6 Å². The Balaban J connectivity index is 3.09. The van der Waals surface area contributed by atoms with Crippen molar-refractivity contribution in [2.24, 2.45) is 0 Å². The van der Waals surface area contributed by atoms with Crippen LogP contribution in [-0.2, 0) is 9.53 Å². The smallest absolute Gasteiger partial charge is 0.316 e. The van der Waals surface area contributed by atoms with Crippen molar-refractivity contribution >= 4 is 28.6 Å². The maximum atomic E-state index is 10.5. The van der Waals surface area contributed by atoms with E-state index >= 15 is 0 Å². The Morgan fingerprint density at radius 2 is 2.00 bits per heavy atom. The highest BCUT2D eigenvalue weighted by molar-refractivity contribution is 14.1. The van der Waals surface area contributed by atoms with Crippen LogP contribution in [0.2, 0.25) is 0 Å². The van der Waals surface area contributed by atoms with Crippen molar-refractivity contribution in [2.75, 3.05) is 13.2 Å². The van der Waals surface area contributed by atoms with Crippen LogP contribution in [0.3, 0.4) is 0 Å². The monoisotopic (exact) mass is 314 g/mol. The van der Waals surface area contributed by atoms with Gasteiger partial charge in [-0.05, 0) is 25.7 Å². The Bertz CT molecular complexity index is 150. The topological polar surface area (TPSA) is 46.5 Å². The second kappa shape index (κ2) is 9.71. The number of carbonyl (C=O) groups is 1. The van der Waals surface area contributed by atoms with Crippen LogP contribution in [0.5, 0.6) is 0 Å². The number of alkyl halides is 1. The Morgan fingerprint density at radius 3 is 2.57 bits per heavy atom. The molecule has 0 spiro atoms. The molecule has 0 amide bonds. The van der Waals surface area contributed by atoms with Crippen LogP contribution >= 0.6 is 22.6 Å². The molecule has 0 fully saturated rings. The molecule has 0 saturated carbocycles. The van der Waals surface area contributed by atoms with E-state index < -0.39 is 5.97 Å². The van der Waals surface area contributed by atoms with Crippen molar-refractivity contribution in [2.45, 2.75) is 43.0 Å². The lowest BCUT2D eigenvalue weighted by Crippen LogP contribution is -2.12. The molecule has 0 saturated heterocycles. The first-order valence-electron chi connectivity index (χ1n) is 5.13. The minimum absolute atomic E-state index is 0.247. The van der Waals surface area contributed by atoms with E-state index in [-0.39, 0.29) is 3.92 Å². The Hall–Kier alpha value is 0.160. The maximum Gasteiger partial charge on any atom is 0.316 e. The number of unbranched alkanes of at least 4 members (excludes halogenated alkanes) is 2. The summed E-state index contributed by atoms with van der Waals surface area (Å²) in [6, 6.07) is 0. The highest BCUT2D eigenvalue weighted by Crippen LogP contribution is 2.10. The standard InChI is InChI=1S/C10H19IO3/c1-2-3-7-14-8-5-4-6-9(11)10(12)13/h9H,2-8H2,1H3,(H,12,13)/t9-/m0/s1. The molecular formula is C10H19IO3. The summed E-state index contributed by atoms with van der Waals surface area (Å²) in [4.78, 5) is 10.5. The van der Waals surface area contributed by atoms with Crippen molar-refractivity contribution in [1.29, 1.82) is 0 Å². The first-order chi connectivity index (χ1) is 6.68. The van der Waals surface area contributed by atoms with Gasteiger partial charge in [0.25, 0.3) is 0 Å². The number of ether oxygens (including phenoxy) is 1. The summed E-state index contributed by atoms with van der Waals surface area (Å²) in [5.74, 6) is -0.711. The second-order valence-corrected chi connectivity index (χ2v) is 4.77. The zero-order valence-corrected chi connectivity index (χ0v) is 10.8. The molecule has 0 aliphatic heterocycles. The molecule has 3 nitrogen and oxygen atoms in total. The van der Waals surface area contributed by atoms with E-state index in [9.17, 15) is 4.79 Å². The van der Waals surface area contributed by atoms with Crippen LogP contribution < -0.4 is 0 Å². The molecule has 0 unspecified atom stereocenters. The minimum atomic E-state index is -0.711. The Labute approximate surface area is 99.4 Å². The van der Waals surface area contributed by atoms with E-state index in [0.29, 0.717) is 0 Å². The number of halogens is 1. The van der Waals surface area contributed by atoms with Gasteiger partial charge in [-0.3, -0.25) is 4.79 Å². The van der Waals surface area contributed by atoms with Crippen LogP contribution in [0.25, 0.3) is 0 Å². The molecule has 0 radical (unpaired) electrons. The largest absolute Gasteiger partial charge is 0.480 e. The number of hydrogen-bond acceptors (Lipinski definition) is 2.